The zero-order chi connectivity index (χ0) is 20.4. The summed E-state index contributed by atoms with van der Waals surface area (Å²) in [6.07, 6.45) is 0.0833. The van der Waals surface area contributed by atoms with Crippen molar-refractivity contribution in [3.63, 3.8) is 0 Å². The Labute approximate surface area is 160 Å². The number of fused-ring (bicyclic) bond motifs is 1. The molecule has 0 fully saturated rings. The molecule has 3 aromatic rings. The number of ketones is 1. The van der Waals surface area contributed by atoms with E-state index in [0.29, 0.717) is 33.9 Å². The van der Waals surface area contributed by atoms with E-state index in [-0.39, 0.29) is 16.9 Å². The molecule has 0 atom stereocenters. The summed E-state index contributed by atoms with van der Waals surface area (Å²) in [6.45, 7) is 0. The van der Waals surface area contributed by atoms with Crippen molar-refractivity contribution in [3.05, 3.63) is 47.7 Å². The number of carbonyl (C=O) groups excluding carboxylic acids is 1. The third-order valence-electron chi connectivity index (χ3n) is 4.39. The van der Waals surface area contributed by atoms with Crippen molar-refractivity contribution in [3.8, 4) is 23.0 Å². The molecular formula is C20H19NO7. The molecule has 0 spiro atoms. The highest BCUT2D eigenvalue weighted by Crippen LogP contribution is 2.39. The Morgan fingerprint density at radius 3 is 2.04 bits per heavy atom. The SMILES string of the molecule is COc1ccc2c(C(=O)c3cc(OC)c(OC)c(OC)c3)cn(C(=O)O)c2c1. The molecule has 1 heterocycles. The van der Waals surface area contributed by atoms with Crippen molar-refractivity contribution < 1.29 is 33.6 Å². The van der Waals surface area contributed by atoms with Gasteiger partial charge in [0.1, 0.15) is 5.75 Å². The number of ether oxygens (including phenoxy) is 4. The Bertz CT molecular complexity index is 1040. The molecule has 1 aromatic heterocycles. The predicted molar refractivity (Wildman–Crippen MR) is 101 cm³/mol. The van der Waals surface area contributed by atoms with E-state index in [0.717, 1.165) is 4.57 Å². The van der Waals surface area contributed by atoms with E-state index in [1.807, 2.05) is 0 Å². The molecule has 146 valence electrons. The van der Waals surface area contributed by atoms with Gasteiger partial charge in [0.25, 0.3) is 0 Å². The molecule has 0 saturated carbocycles. The van der Waals surface area contributed by atoms with Crippen molar-refractivity contribution >= 4 is 22.8 Å². The molecule has 0 saturated heterocycles. The van der Waals surface area contributed by atoms with Crippen LogP contribution in [0, 0.1) is 0 Å². The first-order valence-corrected chi connectivity index (χ1v) is 8.22. The van der Waals surface area contributed by atoms with E-state index in [4.69, 9.17) is 18.9 Å². The molecule has 0 radical (unpaired) electrons. The zero-order valence-electron chi connectivity index (χ0n) is 15.8. The maximum Gasteiger partial charge on any atom is 0.416 e. The maximum absolute atomic E-state index is 13.2. The number of carboxylic acid groups (broad SMARTS) is 1. The summed E-state index contributed by atoms with van der Waals surface area (Å²) in [5, 5.41) is 9.99. The minimum absolute atomic E-state index is 0.231. The quantitative estimate of drug-likeness (QED) is 0.649. The van der Waals surface area contributed by atoms with Crippen molar-refractivity contribution in [2.24, 2.45) is 0 Å². The Morgan fingerprint density at radius 1 is 0.893 bits per heavy atom. The summed E-state index contributed by atoms with van der Waals surface area (Å²) < 4.78 is 22.0. The van der Waals surface area contributed by atoms with Gasteiger partial charge in [0, 0.05) is 28.8 Å². The molecule has 0 unspecified atom stereocenters. The smallest absolute Gasteiger partial charge is 0.416 e. The van der Waals surface area contributed by atoms with E-state index >= 15 is 0 Å². The number of carbonyl (C=O) groups is 2. The standard InChI is InChI=1S/C20H19NO7/c1-25-12-5-6-13-14(10-21(20(23)24)15(13)9-12)18(22)11-7-16(26-2)19(28-4)17(8-11)27-3/h5-10H,1-4H3,(H,23,24). The molecule has 1 N–H and O–H groups in total. The fourth-order valence-electron chi connectivity index (χ4n) is 3.04. The lowest BCUT2D eigenvalue weighted by atomic mass is 10.0. The number of hydrogen-bond acceptors (Lipinski definition) is 6. The van der Waals surface area contributed by atoms with Crippen molar-refractivity contribution in [2.75, 3.05) is 28.4 Å². The summed E-state index contributed by atoms with van der Waals surface area (Å²) in [5.41, 5.74) is 0.853. The Balaban J connectivity index is 2.20. The van der Waals surface area contributed by atoms with Crippen LogP contribution >= 0.6 is 0 Å². The average Bonchev–Trinajstić information content (AvgIpc) is 3.10. The van der Waals surface area contributed by atoms with Gasteiger partial charge in [-0.15, -0.1) is 0 Å². The van der Waals surface area contributed by atoms with Crippen molar-refractivity contribution in [2.45, 2.75) is 0 Å². The average molecular weight is 385 g/mol. The van der Waals surface area contributed by atoms with Gasteiger partial charge >= 0.3 is 6.09 Å². The van der Waals surface area contributed by atoms with Gasteiger partial charge in [-0.3, -0.25) is 9.36 Å². The molecule has 0 amide bonds. The predicted octanol–water partition coefficient (Wildman–Crippen LogP) is 3.43. The number of methoxy groups -OCH3 is 4. The lowest BCUT2D eigenvalue weighted by Gasteiger charge is -2.13. The number of hydrogen-bond donors (Lipinski definition) is 1. The molecule has 8 heteroatoms. The molecule has 0 aliphatic heterocycles. The second kappa shape index (κ2) is 7.51. The summed E-state index contributed by atoms with van der Waals surface area (Å²) >= 11 is 0. The molecule has 0 aliphatic rings. The summed E-state index contributed by atoms with van der Waals surface area (Å²) in [4.78, 5) is 24.8. The lowest BCUT2D eigenvalue weighted by molar-refractivity contribution is 0.103. The molecule has 0 bridgehead atoms. The summed E-state index contributed by atoms with van der Waals surface area (Å²) in [5.74, 6) is 1.12. The highest BCUT2D eigenvalue weighted by Gasteiger charge is 2.23. The van der Waals surface area contributed by atoms with Crippen LogP contribution in [0.5, 0.6) is 23.0 Å². The normalized spacial score (nSPS) is 10.6. The molecular weight excluding hydrogens is 366 g/mol. The van der Waals surface area contributed by atoms with E-state index < -0.39 is 6.09 Å². The van der Waals surface area contributed by atoms with E-state index in [9.17, 15) is 14.7 Å². The molecule has 2 aromatic carbocycles. The van der Waals surface area contributed by atoms with Gasteiger partial charge < -0.3 is 24.1 Å². The van der Waals surface area contributed by atoms with Crippen LogP contribution in [-0.2, 0) is 0 Å². The van der Waals surface area contributed by atoms with E-state index in [1.165, 1.54) is 46.8 Å². The molecule has 3 rings (SSSR count). The first kappa shape index (κ1) is 19.1. The zero-order valence-corrected chi connectivity index (χ0v) is 15.8. The third-order valence-corrected chi connectivity index (χ3v) is 4.39. The first-order chi connectivity index (χ1) is 13.4. The van der Waals surface area contributed by atoms with Crippen molar-refractivity contribution in [1.29, 1.82) is 0 Å². The van der Waals surface area contributed by atoms with E-state index in [2.05, 4.69) is 0 Å². The van der Waals surface area contributed by atoms with Crippen LogP contribution in [0.1, 0.15) is 15.9 Å². The summed E-state index contributed by atoms with van der Waals surface area (Å²) in [7, 11) is 5.86. The van der Waals surface area contributed by atoms with Crippen LogP contribution < -0.4 is 18.9 Å². The Hall–Kier alpha value is -3.68. The minimum atomic E-state index is -1.21. The van der Waals surface area contributed by atoms with Gasteiger partial charge in [0.05, 0.1) is 34.0 Å². The van der Waals surface area contributed by atoms with Gasteiger partial charge in [0.15, 0.2) is 17.3 Å². The van der Waals surface area contributed by atoms with Crippen molar-refractivity contribution in [1.82, 2.24) is 4.57 Å². The van der Waals surface area contributed by atoms with Gasteiger partial charge in [0.2, 0.25) is 5.75 Å². The largest absolute Gasteiger partial charge is 0.497 e. The maximum atomic E-state index is 13.2. The number of benzene rings is 2. The summed E-state index contributed by atoms with van der Waals surface area (Å²) in [6, 6.07) is 7.93. The fourth-order valence-corrected chi connectivity index (χ4v) is 3.04. The van der Waals surface area contributed by atoms with Crippen LogP contribution in [0.2, 0.25) is 0 Å². The first-order valence-electron chi connectivity index (χ1n) is 8.22. The fraction of sp³-hybridized carbons (Fsp3) is 0.200. The van der Waals surface area contributed by atoms with Gasteiger partial charge in [-0.25, -0.2) is 4.79 Å². The van der Waals surface area contributed by atoms with Gasteiger partial charge in [-0.2, -0.15) is 0 Å². The molecule has 0 aliphatic carbocycles. The highest BCUT2D eigenvalue weighted by atomic mass is 16.5. The number of rotatable bonds is 6. The molecule has 28 heavy (non-hydrogen) atoms. The van der Waals surface area contributed by atoms with Gasteiger partial charge in [-0.05, 0) is 24.3 Å². The van der Waals surface area contributed by atoms with Crippen LogP contribution in [0.15, 0.2) is 36.5 Å². The van der Waals surface area contributed by atoms with Crippen LogP contribution in [0.25, 0.3) is 10.9 Å². The second-order valence-corrected chi connectivity index (χ2v) is 5.82. The van der Waals surface area contributed by atoms with Crippen LogP contribution in [-0.4, -0.2) is 50.0 Å². The topological polar surface area (TPSA) is 96.2 Å². The second-order valence-electron chi connectivity index (χ2n) is 5.82. The van der Waals surface area contributed by atoms with Crippen LogP contribution in [0.4, 0.5) is 4.79 Å². The van der Waals surface area contributed by atoms with Gasteiger partial charge in [-0.1, -0.05) is 0 Å². The third kappa shape index (κ3) is 3.09. The van der Waals surface area contributed by atoms with E-state index in [1.54, 1.807) is 18.2 Å². The Morgan fingerprint density at radius 2 is 1.54 bits per heavy atom. The minimum Gasteiger partial charge on any atom is -0.497 e. The van der Waals surface area contributed by atoms with Crippen LogP contribution in [0.3, 0.4) is 0 Å². The number of aromatic nitrogens is 1. The molecule has 8 nitrogen and oxygen atoms in total. The lowest BCUT2D eigenvalue weighted by Crippen LogP contribution is -2.07. The number of nitrogens with zero attached hydrogens (tertiary/aromatic N) is 1. The monoisotopic (exact) mass is 385 g/mol. The Kier molecular flexibility index (Phi) is 5.12. The highest BCUT2D eigenvalue weighted by molar-refractivity contribution is 6.17.